The molecule has 0 amide bonds. The topological polar surface area (TPSA) is 20.2 Å². The molecule has 4 aliphatic rings. The summed E-state index contributed by atoms with van der Waals surface area (Å²) in [6.45, 7) is 15.0. The van der Waals surface area contributed by atoms with Gasteiger partial charge in [-0.1, -0.05) is 66.0 Å². The Bertz CT molecular complexity index is 634. The van der Waals surface area contributed by atoms with Gasteiger partial charge in [-0.15, -0.1) is 0 Å². The zero-order chi connectivity index (χ0) is 21.7. The third kappa shape index (κ3) is 3.95. The molecule has 4 aliphatic carbocycles. The van der Waals surface area contributed by atoms with Gasteiger partial charge in [-0.25, -0.2) is 0 Å². The molecule has 0 aromatic rings. The van der Waals surface area contributed by atoms with Gasteiger partial charge in [-0.05, 0) is 110 Å². The molecule has 3 fully saturated rings. The van der Waals surface area contributed by atoms with Crippen LogP contribution in [0.2, 0.25) is 0 Å². The maximum atomic E-state index is 10.2. The van der Waals surface area contributed by atoms with Gasteiger partial charge >= 0.3 is 0 Å². The van der Waals surface area contributed by atoms with Gasteiger partial charge in [0.2, 0.25) is 0 Å². The first kappa shape index (κ1) is 22.9. The van der Waals surface area contributed by atoms with E-state index in [2.05, 4.69) is 47.6 Å². The van der Waals surface area contributed by atoms with Crippen molar-refractivity contribution in [3.63, 3.8) is 0 Å². The van der Waals surface area contributed by atoms with Gasteiger partial charge in [0.25, 0.3) is 0 Å². The highest BCUT2D eigenvalue weighted by Gasteiger charge is 2.57. The van der Waals surface area contributed by atoms with E-state index in [-0.39, 0.29) is 6.10 Å². The molecule has 0 aromatic carbocycles. The van der Waals surface area contributed by atoms with Crippen LogP contribution in [0.1, 0.15) is 112 Å². The monoisotopic (exact) mass is 414 g/mol. The predicted octanol–water partition coefficient (Wildman–Crippen LogP) is 8.02. The van der Waals surface area contributed by atoms with Crippen molar-refractivity contribution in [2.45, 2.75) is 118 Å². The maximum Gasteiger partial charge on any atom is 0.0577 e. The standard InChI is InChI=1S/C29H50O/c1-7-21(19(2)3)9-8-20(4)22-16-27-25-11-10-23-17-24(30)12-15-29(23,6)26(25)13-14-28(27,5)18-22/h10,19-22,24-27,30H,7-9,11-18H2,1-6H3. The second-order valence-corrected chi connectivity index (χ2v) is 13.0. The molecule has 1 heteroatoms. The lowest BCUT2D eigenvalue weighted by Crippen LogP contribution is -2.49. The van der Waals surface area contributed by atoms with E-state index in [9.17, 15) is 5.11 Å². The molecule has 0 bridgehead atoms. The summed E-state index contributed by atoms with van der Waals surface area (Å²) >= 11 is 0. The highest BCUT2D eigenvalue weighted by molar-refractivity contribution is 5.25. The second-order valence-electron chi connectivity index (χ2n) is 13.0. The molecule has 1 N–H and O–H groups in total. The normalized spacial score (nSPS) is 45.3. The smallest absolute Gasteiger partial charge is 0.0577 e. The van der Waals surface area contributed by atoms with E-state index in [1.165, 1.54) is 57.8 Å². The van der Waals surface area contributed by atoms with Crippen LogP contribution >= 0.6 is 0 Å². The lowest BCUT2D eigenvalue weighted by Gasteiger charge is -2.57. The number of fused-ring (bicyclic) bond motifs is 5. The third-order valence-corrected chi connectivity index (χ3v) is 11.1. The highest BCUT2D eigenvalue weighted by Crippen LogP contribution is 2.66. The minimum atomic E-state index is -0.0794. The van der Waals surface area contributed by atoms with Crippen LogP contribution in [0, 0.1) is 52.3 Å². The van der Waals surface area contributed by atoms with Crippen molar-refractivity contribution < 1.29 is 5.11 Å². The first-order valence-corrected chi connectivity index (χ1v) is 13.6. The lowest BCUT2D eigenvalue weighted by atomic mass is 9.48. The van der Waals surface area contributed by atoms with Crippen LogP contribution in [0.15, 0.2) is 11.6 Å². The Morgan fingerprint density at radius 3 is 2.53 bits per heavy atom. The quantitative estimate of drug-likeness (QED) is 0.436. The highest BCUT2D eigenvalue weighted by atomic mass is 16.3. The van der Waals surface area contributed by atoms with E-state index in [0.717, 1.165) is 54.3 Å². The van der Waals surface area contributed by atoms with Crippen LogP contribution in [0.4, 0.5) is 0 Å². The number of aliphatic hydroxyl groups is 1. The Labute approximate surface area is 187 Å². The van der Waals surface area contributed by atoms with E-state index in [1.807, 2.05) is 0 Å². The Balaban J connectivity index is 1.45. The van der Waals surface area contributed by atoms with Crippen LogP contribution in [0.25, 0.3) is 0 Å². The van der Waals surface area contributed by atoms with Gasteiger partial charge in [0.05, 0.1) is 6.10 Å². The molecular weight excluding hydrogens is 364 g/mol. The average molecular weight is 415 g/mol. The first-order chi connectivity index (χ1) is 14.2. The van der Waals surface area contributed by atoms with Gasteiger partial charge < -0.3 is 5.11 Å². The van der Waals surface area contributed by atoms with Crippen LogP contribution in [0.5, 0.6) is 0 Å². The molecule has 9 atom stereocenters. The molecule has 4 rings (SSSR count). The number of rotatable bonds is 6. The Morgan fingerprint density at radius 1 is 1.07 bits per heavy atom. The summed E-state index contributed by atoms with van der Waals surface area (Å²) in [5.74, 6) is 6.33. The summed E-state index contributed by atoms with van der Waals surface area (Å²) in [4.78, 5) is 0. The van der Waals surface area contributed by atoms with E-state index in [1.54, 1.807) is 5.57 Å². The van der Waals surface area contributed by atoms with Gasteiger partial charge in [0, 0.05) is 0 Å². The van der Waals surface area contributed by atoms with E-state index >= 15 is 0 Å². The van der Waals surface area contributed by atoms with Gasteiger partial charge in [-0.3, -0.25) is 0 Å². The van der Waals surface area contributed by atoms with Gasteiger partial charge in [-0.2, -0.15) is 0 Å². The molecular formula is C29H50O. The van der Waals surface area contributed by atoms with E-state index < -0.39 is 0 Å². The molecule has 0 radical (unpaired) electrons. The van der Waals surface area contributed by atoms with Gasteiger partial charge in [0.1, 0.15) is 0 Å². The second kappa shape index (κ2) is 8.57. The van der Waals surface area contributed by atoms with Crippen LogP contribution < -0.4 is 0 Å². The van der Waals surface area contributed by atoms with E-state index in [4.69, 9.17) is 0 Å². The van der Waals surface area contributed by atoms with Crippen LogP contribution in [-0.2, 0) is 0 Å². The van der Waals surface area contributed by atoms with Crippen molar-refractivity contribution >= 4 is 0 Å². The molecule has 172 valence electrons. The fourth-order valence-corrected chi connectivity index (χ4v) is 8.91. The maximum absolute atomic E-state index is 10.2. The molecule has 30 heavy (non-hydrogen) atoms. The zero-order valence-electron chi connectivity index (χ0n) is 20.9. The Hall–Kier alpha value is -0.300. The van der Waals surface area contributed by atoms with Crippen molar-refractivity contribution in [3.8, 4) is 0 Å². The summed E-state index contributed by atoms with van der Waals surface area (Å²) in [6, 6.07) is 0. The molecule has 1 nitrogen and oxygen atoms in total. The Morgan fingerprint density at radius 2 is 1.83 bits per heavy atom. The van der Waals surface area contributed by atoms with E-state index in [0.29, 0.717) is 10.8 Å². The van der Waals surface area contributed by atoms with Crippen LogP contribution in [0.3, 0.4) is 0 Å². The van der Waals surface area contributed by atoms with Crippen molar-refractivity contribution in [1.29, 1.82) is 0 Å². The van der Waals surface area contributed by atoms with Crippen molar-refractivity contribution in [1.82, 2.24) is 0 Å². The molecule has 0 aromatic heterocycles. The molecule has 0 saturated heterocycles. The SMILES string of the molecule is CCC(CCC(C)C1CC2C3CC=C4CC(O)CCC4(C)C3CCC2(C)C1)C(C)C. The molecule has 0 aliphatic heterocycles. The summed E-state index contributed by atoms with van der Waals surface area (Å²) < 4.78 is 0. The molecule has 0 heterocycles. The fraction of sp³-hybridized carbons (Fsp3) is 0.931. The number of hydrogen-bond donors (Lipinski definition) is 1. The zero-order valence-corrected chi connectivity index (χ0v) is 20.9. The van der Waals surface area contributed by atoms with Crippen molar-refractivity contribution in [2.24, 2.45) is 52.3 Å². The minimum Gasteiger partial charge on any atom is -0.393 e. The molecule has 9 unspecified atom stereocenters. The first-order valence-electron chi connectivity index (χ1n) is 13.6. The van der Waals surface area contributed by atoms with Crippen molar-refractivity contribution in [2.75, 3.05) is 0 Å². The summed E-state index contributed by atoms with van der Waals surface area (Å²) in [7, 11) is 0. The average Bonchev–Trinajstić information content (AvgIpc) is 3.06. The lowest BCUT2D eigenvalue weighted by molar-refractivity contribution is -0.0360. The summed E-state index contributed by atoms with van der Waals surface area (Å²) in [6.07, 6.45) is 17.1. The number of hydrogen-bond acceptors (Lipinski definition) is 1. The summed E-state index contributed by atoms with van der Waals surface area (Å²) in [5.41, 5.74) is 2.60. The number of aliphatic hydroxyl groups excluding tert-OH is 1. The van der Waals surface area contributed by atoms with Crippen molar-refractivity contribution in [3.05, 3.63) is 11.6 Å². The largest absolute Gasteiger partial charge is 0.393 e. The molecule has 3 saturated carbocycles. The predicted molar refractivity (Wildman–Crippen MR) is 128 cm³/mol. The number of allylic oxidation sites excluding steroid dienone is 1. The fourth-order valence-electron chi connectivity index (χ4n) is 8.91. The van der Waals surface area contributed by atoms with Crippen LogP contribution in [-0.4, -0.2) is 11.2 Å². The minimum absolute atomic E-state index is 0.0794. The third-order valence-electron chi connectivity index (χ3n) is 11.1. The summed E-state index contributed by atoms with van der Waals surface area (Å²) in [5, 5.41) is 10.2. The molecule has 0 spiro atoms. The Kier molecular flexibility index (Phi) is 6.53. The van der Waals surface area contributed by atoms with Gasteiger partial charge in [0.15, 0.2) is 0 Å².